The van der Waals surface area contributed by atoms with Crippen molar-refractivity contribution in [3.63, 3.8) is 0 Å². The van der Waals surface area contributed by atoms with Gasteiger partial charge >= 0.3 is 6.01 Å². The number of benzene rings is 1. The van der Waals surface area contributed by atoms with Crippen LogP contribution in [0.25, 0.3) is 0 Å². The zero-order chi connectivity index (χ0) is 13.7. The maximum absolute atomic E-state index is 12.8. The number of rotatable bonds is 5. The monoisotopic (exact) mass is 282 g/mol. The number of aromatic nitrogens is 3. The molecule has 100 valence electrons. The number of hydrogen-bond donors (Lipinski definition) is 1. The van der Waals surface area contributed by atoms with Gasteiger partial charge in [-0.1, -0.05) is 12.1 Å². The van der Waals surface area contributed by atoms with Crippen LogP contribution in [0.15, 0.2) is 24.3 Å². The topological polar surface area (TPSA) is 59.9 Å². The van der Waals surface area contributed by atoms with Gasteiger partial charge in [0, 0.05) is 6.54 Å². The van der Waals surface area contributed by atoms with E-state index in [9.17, 15) is 4.39 Å². The summed E-state index contributed by atoms with van der Waals surface area (Å²) in [7, 11) is 0. The highest BCUT2D eigenvalue weighted by atomic mass is 35.5. The third-order valence-electron chi connectivity index (χ3n) is 2.22. The van der Waals surface area contributed by atoms with Crippen LogP contribution >= 0.6 is 11.6 Å². The molecule has 0 radical (unpaired) electrons. The number of hydrogen-bond acceptors (Lipinski definition) is 5. The van der Waals surface area contributed by atoms with Crippen LogP contribution in [0.4, 0.5) is 10.3 Å². The highest BCUT2D eigenvalue weighted by Gasteiger charge is 2.05. The zero-order valence-corrected chi connectivity index (χ0v) is 11.0. The van der Waals surface area contributed by atoms with Crippen LogP contribution in [-0.4, -0.2) is 21.6 Å². The van der Waals surface area contributed by atoms with Crippen LogP contribution < -0.4 is 10.1 Å². The van der Waals surface area contributed by atoms with Crippen LogP contribution in [0.3, 0.4) is 0 Å². The highest BCUT2D eigenvalue weighted by molar-refractivity contribution is 6.28. The van der Waals surface area contributed by atoms with Gasteiger partial charge in [0.2, 0.25) is 11.2 Å². The Morgan fingerprint density at radius 2 is 1.95 bits per heavy atom. The van der Waals surface area contributed by atoms with E-state index in [-0.39, 0.29) is 17.1 Å². The van der Waals surface area contributed by atoms with Gasteiger partial charge in [0.05, 0.1) is 6.61 Å². The highest BCUT2D eigenvalue weighted by Crippen LogP contribution is 2.12. The lowest BCUT2D eigenvalue weighted by Gasteiger charge is -2.07. The van der Waals surface area contributed by atoms with Crippen LogP contribution in [0.1, 0.15) is 12.5 Å². The van der Waals surface area contributed by atoms with Gasteiger partial charge in [0.25, 0.3) is 0 Å². The summed E-state index contributed by atoms with van der Waals surface area (Å²) in [5.74, 6) is 0.0402. The number of nitrogens with one attached hydrogen (secondary N) is 1. The summed E-state index contributed by atoms with van der Waals surface area (Å²) in [4.78, 5) is 11.8. The Balaban J connectivity index is 2.04. The largest absolute Gasteiger partial charge is 0.464 e. The van der Waals surface area contributed by atoms with Crippen molar-refractivity contribution in [3.8, 4) is 6.01 Å². The molecule has 2 aromatic rings. The van der Waals surface area contributed by atoms with Crippen LogP contribution in [0, 0.1) is 5.82 Å². The number of anilines is 1. The maximum Gasteiger partial charge on any atom is 0.322 e. The molecule has 0 aliphatic carbocycles. The fraction of sp³-hybridized carbons (Fsp3) is 0.250. The van der Waals surface area contributed by atoms with E-state index in [1.165, 1.54) is 12.1 Å². The standard InChI is InChI=1S/C12H12ClFN4O/c1-2-19-12-17-10(13)16-11(18-12)15-7-8-3-5-9(14)6-4-8/h3-6H,2,7H2,1H3,(H,15,16,17,18). The Labute approximate surface area is 114 Å². The second-order valence-corrected chi connectivity index (χ2v) is 3.96. The van der Waals surface area contributed by atoms with E-state index >= 15 is 0 Å². The van der Waals surface area contributed by atoms with E-state index in [2.05, 4.69) is 20.3 Å². The predicted octanol–water partition coefficient (Wildman–Crippen LogP) is 2.67. The number of nitrogens with zero attached hydrogens (tertiary/aromatic N) is 3. The van der Waals surface area contributed by atoms with Gasteiger partial charge in [0.15, 0.2) is 0 Å². The zero-order valence-electron chi connectivity index (χ0n) is 10.2. The molecule has 19 heavy (non-hydrogen) atoms. The van der Waals surface area contributed by atoms with E-state index in [1.54, 1.807) is 12.1 Å². The SMILES string of the molecule is CCOc1nc(Cl)nc(NCc2ccc(F)cc2)n1. The molecule has 0 saturated carbocycles. The van der Waals surface area contributed by atoms with Gasteiger partial charge in [-0.2, -0.15) is 15.0 Å². The Morgan fingerprint density at radius 3 is 2.63 bits per heavy atom. The number of ether oxygens (including phenoxy) is 1. The molecule has 0 fully saturated rings. The molecule has 0 bridgehead atoms. The molecule has 1 aromatic carbocycles. The van der Waals surface area contributed by atoms with Crippen molar-refractivity contribution < 1.29 is 9.13 Å². The molecule has 0 unspecified atom stereocenters. The summed E-state index contributed by atoms with van der Waals surface area (Å²) in [6, 6.07) is 6.30. The van der Waals surface area contributed by atoms with Gasteiger partial charge in [-0.05, 0) is 36.2 Å². The van der Waals surface area contributed by atoms with E-state index in [4.69, 9.17) is 16.3 Å². The number of halogens is 2. The van der Waals surface area contributed by atoms with Crippen molar-refractivity contribution >= 4 is 17.5 Å². The van der Waals surface area contributed by atoms with E-state index in [0.29, 0.717) is 19.1 Å². The van der Waals surface area contributed by atoms with Gasteiger partial charge in [-0.15, -0.1) is 0 Å². The third kappa shape index (κ3) is 4.03. The van der Waals surface area contributed by atoms with Crippen molar-refractivity contribution in [1.29, 1.82) is 0 Å². The quantitative estimate of drug-likeness (QED) is 0.913. The average Bonchev–Trinajstić information content (AvgIpc) is 2.38. The first kappa shape index (κ1) is 13.5. The smallest absolute Gasteiger partial charge is 0.322 e. The first-order valence-electron chi connectivity index (χ1n) is 5.70. The van der Waals surface area contributed by atoms with Crippen molar-refractivity contribution in [3.05, 3.63) is 40.9 Å². The first-order chi connectivity index (χ1) is 9.17. The van der Waals surface area contributed by atoms with E-state index in [0.717, 1.165) is 5.56 Å². The molecule has 1 aromatic heterocycles. The molecule has 0 amide bonds. The summed E-state index contributed by atoms with van der Waals surface area (Å²) >= 11 is 5.76. The molecule has 1 N–H and O–H groups in total. The second kappa shape index (κ2) is 6.29. The molecule has 0 spiro atoms. The molecule has 5 nitrogen and oxygen atoms in total. The lowest BCUT2D eigenvalue weighted by molar-refractivity contribution is 0.312. The lowest BCUT2D eigenvalue weighted by Crippen LogP contribution is -2.07. The maximum atomic E-state index is 12.8. The van der Waals surface area contributed by atoms with Crippen LogP contribution in [-0.2, 0) is 6.54 Å². The van der Waals surface area contributed by atoms with Gasteiger partial charge < -0.3 is 10.1 Å². The normalized spacial score (nSPS) is 10.3. The van der Waals surface area contributed by atoms with E-state index in [1.807, 2.05) is 6.92 Å². The predicted molar refractivity (Wildman–Crippen MR) is 69.7 cm³/mol. The summed E-state index contributed by atoms with van der Waals surface area (Å²) < 4.78 is 17.9. The van der Waals surface area contributed by atoms with Crippen LogP contribution in [0.5, 0.6) is 6.01 Å². The molecule has 0 saturated heterocycles. The fourth-order valence-corrected chi connectivity index (χ4v) is 1.54. The van der Waals surface area contributed by atoms with Crippen molar-refractivity contribution in [2.45, 2.75) is 13.5 Å². The minimum atomic E-state index is -0.273. The molecular formula is C12H12ClFN4O. The molecule has 0 aliphatic rings. The van der Waals surface area contributed by atoms with Crippen LogP contribution in [0.2, 0.25) is 5.28 Å². The molecule has 7 heteroatoms. The summed E-state index contributed by atoms with van der Waals surface area (Å²) in [5, 5.41) is 3.03. The second-order valence-electron chi connectivity index (χ2n) is 3.62. The molecule has 0 aliphatic heterocycles. The van der Waals surface area contributed by atoms with Crippen molar-refractivity contribution in [1.82, 2.24) is 15.0 Å². The summed E-state index contributed by atoms with van der Waals surface area (Å²) in [5.41, 5.74) is 0.899. The fourth-order valence-electron chi connectivity index (χ4n) is 1.39. The minimum Gasteiger partial charge on any atom is -0.464 e. The van der Waals surface area contributed by atoms with Gasteiger partial charge in [-0.3, -0.25) is 0 Å². The average molecular weight is 283 g/mol. The van der Waals surface area contributed by atoms with Crippen molar-refractivity contribution in [2.24, 2.45) is 0 Å². The Morgan fingerprint density at radius 1 is 1.21 bits per heavy atom. The van der Waals surface area contributed by atoms with E-state index < -0.39 is 0 Å². The molecule has 2 rings (SSSR count). The summed E-state index contributed by atoms with van der Waals surface area (Å²) in [6.07, 6.45) is 0. The molecule has 0 atom stereocenters. The third-order valence-corrected chi connectivity index (χ3v) is 2.39. The van der Waals surface area contributed by atoms with Gasteiger partial charge in [0.1, 0.15) is 5.82 Å². The Hall–Kier alpha value is -1.95. The van der Waals surface area contributed by atoms with Gasteiger partial charge in [-0.25, -0.2) is 4.39 Å². The lowest BCUT2D eigenvalue weighted by atomic mass is 10.2. The Kier molecular flexibility index (Phi) is 4.46. The molecular weight excluding hydrogens is 271 g/mol. The Bertz CT molecular complexity index is 550. The first-order valence-corrected chi connectivity index (χ1v) is 6.08. The summed E-state index contributed by atoms with van der Waals surface area (Å²) in [6.45, 7) is 2.72. The minimum absolute atomic E-state index is 0.0556. The molecule has 1 heterocycles. The van der Waals surface area contributed by atoms with Crippen molar-refractivity contribution in [2.75, 3.05) is 11.9 Å².